The van der Waals surface area contributed by atoms with E-state index in [-0.39, 0.29) is 0 Å². The summed E-state index contributed by atoms with van der Waals surface area (Å²) in [7, 11) is 0. The smallest absolute Gasteiger partial charge is 0.116 e. The first-order valence-corrected chi connectivity index (χ1v) is 8.08. The maximum atomic E-state index is 4.53. The van der Waals surface area contributed by atoms with Gasteiger partial charge in [-0.25, -0.2) is 0 Å². The van der Waals surface area contributed by atoms with Gasteiger partial charge in [0, 0.05) is 27.2 Å². The minimum Gasteiger partial charge on any atom is -0.256 e. The molecule has 0 spiro atoms. The zero-order valence-corrected chi connectivity index (χ0v) is 12.8. The van der Waals surface area contributed by atoms with Crippen molar-refractivity contribution < 1.29 is 0 Å². The molecule has 0 amide bonds. The van der Waals surface area contributed by atoms with E-state index in [4.69, 9.17) is 0 Å². The SMILES string of the molecule is c1cnc2c(-c3nnnc4c3sc3ccccc34)cccc2c1. The molecule has 0 N–H and O–H groups in total. The fourth-order valence-corrected chi connectivity index (χ4v) is 4.06. The van der Waals surface area contributed by atoms with Crippen LogP contribution in [0.3, 0.4) is 0 Å². The number of para-hydroxylation sites is 1. The second-order valence-corrected chi connectivity index (χ2v) is 6.35. The van der Waals surface area contributed by atoms with Crippen LogP contribution in [0.1, 0.15) is 0 Å². The molecule has 23 heavy (non-hydrogen) atoms. The highest BCUT2D eigenvalue weighted by atomic mass is 32.1. The van der Waals surface area contributed by atoms with Crippen molar-refractivity contribution in [1.82, 2.24) is 20.4 Å². The highest BCUT2D eigenvalue weighted by Crippen LogP contribution is 2.38. The number of aromatic nitrogens is 4. The second kappa shape index (κ2) is 4.79. The Balaban J connectivity index is 1.93. The fourth-order valence-electron chi connectivity index (χ4n) is 2.92. The van der Waals surface area contributed by atoms with Crippen molar-refractivity contribution in [3.8, 4) is 11.3 Å². The summed E-state index contributed by atoms with van der Waals surface area (Å²) in [5.74, 6) is 0. The molecule has 0 aliphatic heterocycles. The van der Waals surface area contributed by atoms with Gasteiger partial charge in [0.05, 0.1) is 10.2 Å². The Hall–Kier alpha value is -2.92. The number of hydrogen-bond donors (Lipinski definition) is 0. The van der Waals surface area contributed by atoms with Crippen molar-refractivity contribution in [3.63, 3.8) is 0 Å². The third-order valence-electron chi connectivity index (χ3n) is 3.96. The summed E-state index contributed by atoms with van der Waals surface area (Å²) in [6, 6.07) is 18.4. The molecular weight excluding hydrogens is 304 g/mol. The Labute approximate surface area is 135 Å². The molecule has 3 aromatic heterocycles. The van der Waals surface area contributed by atoms with Crippen LogP contribution in [0.15, 0.2) is 60.8 Å². The number of thiophene rings is 1. The van der Waals surface area contributed by atoms with Crippen LogP contribution >= 0.6 is 11.3 Å². The van der Waals surface area contributed by atoms with Gasteiger partial charge in [0.2, 0.25) is 0 Å². The summed E-state index contributed by atoms with van der Waals surface area (Å²) in [5.41, 5.74) is 3.69. The standard InChI is InChI=1S/C18H10N4S/c1-2-9-14-12(7-1)16-18(23-14)17(21-22-20-16)13-8-3-5-11-6-4-10-19-15(11)13/h1-10H. The summed E-state index contributed by atoms with van der Waals surface area (Å²) < 4.78 is 2.25. The third-order valence-corrected chi connectivity index (χ3v) is 5.13. The molecule has 0 radical (unpaired) electrons. The number of pyridine rings is 1. The molecule has 0 fully saturated rings. The number of rotatable bonds is 1. The maximum Gasteiger partial charge on any atom is 0.116 e. The van der Waals surface area contributed by atoms with E-state index in [2.05, 4.69) is 44.7 Å². The van der Waals surface area contributed by atoms with Crippen LogP contribution in [0.25, 0.3) is 42.5 Å². The van der Waals surface area contributed by atoms with Crippen molar-refractivity contribution in [2.75, 3.05) is 0 Å². The van der Waals surface area contributed by atoms with Gasteiger partial charge in [-0.15, -0.1) is 21.5 Å². The molecule has 4 nitrogen and oxygen atoms in total. The van der Waals surface area contributed by atoms with Crippen LogP contribution in [0.4, 0.5) is 0 Å². The van der Waals surface area contributed by atoms with Crippen LogP contribution < -0.4 is 0 Å². The highest BCUT2D eigenvalue weighted by molar-refractivity contribution is 7.26. The minimum absolute atomic E-state index is 0.848. The van der Waals surface area contributed by atoms with E-state index >= 15 is 0 Å². The predicted molar refractivity (Wildman–Crippen MR) is 93.5 cm³/mol. The first-order valence-electron chi connectivity index (χ1n) is 7.26. The van der Waals surface area contributed by atoms with Crippen LogP contribution in [0.2, 0.25) is 0 Å². The zero-order chi connectivity index (χ0) is 15.2. The molecule has 0 bridgehead atoms. The summed E-state index contributed by atoms with van der Waals surface area (Å²) in [6.07, 6.45) is 1.81. The third kappa shape index (κ3) is 1.83. The average molecular weight is 314 g/mol. The Morgan fingerprint density at radius 3 is 2.70 bits per heavy atom. The van der Waals surface area contributed by atoms with Gasteiger partial charge in [0.25, 0.3) is 0 Å². The Bertz CT molecular complexity index is 1170. The van der Waals surface area contributed by atoms with Gasteiger partial charge >= 0.3 is 0 Å². The fraction of sp³-hybridized carbons (Fsp3) is 0. The van der Waals surface area contributed by atoms with E-state index < -0.39 is 0 Å². The van der Waals surface area contributed by atoms with E-state index in [1.54, 1.807) is 11.3 Å². The number of fused-ring (bicyclic) bond motifs is 4. The lowest BCUT2D eigenvalue weighted by molar-refractivity contribution is 0.905. The molecule has 0 saturated carbocycles. The molecule has 5 rings (SSSR count). The van der Waals surface area contributed by atoms with Crippen LogP contribution in [0.5, 0.6) is 0 Å². The largest absolute Gasteiger partial charge is 0.256 e. The lowest BCUT2D eigenvalue weighted by Gasteiger charge is -2.04. The first-order chi connectivity index (χ1) is 11.4. The van der Waals surface area contributed by atoms with Crippen molar-refractivity contribution >= 4 is 42.5 Å². The second-order valence-electron chi connectivity index (χ2n) is 5.29. The molecule has 0 atom stereocenters. The monoisotopic (exact) mass is 314 g/mol. The summed E-state index contributed by atoms with van der Waals surface area (Å²) in [4.78, 5) is 4.53. The van der Waals surface area contributed by atoms with Crippen molar-refractivity contribution in [3.05, 3.63) is 60.8 Å². The van der Waals surface area contributed by atoms with Gasteiger partial charge in [-0.3, -0.25) is 4.98 Å². The Morgan fingerprint density at radius 1 is 0.783 bits per heavy atom. The summed E-state index contributed by atoms with van der Waals surface area (Å²) in [5, 5.41) is 14.8. The summed E-state index contributed by atoms with van der Waals surface area (Å²) >= 11 is 1.70. The van der Waals surface area contributed by atoms with E-state index in [0.29, 0.717) is 0 Å². The Morgan fingerprint density at radius 2 is 1.70 bits per heavy atom. The molecule has 3 heterocycles. The van der Waals surface area contributed by atoms with Crippen LogP contribution in [-0.2, 0) is 0 Å². The van der Waals surface area contributed by atoms with Crippen molar-refractivity contribution in [2.24, 2.45) is 0 Å². The topological polar surface area (TPSA) is 51.6 Å². The molecule has 0 aliphatic rings. The van der Waals surface area contributed by atoms with Gasteiger partial charge < -0.3 is 0 Å². The first kappa shape index (κ1) is 12.6. The average Bonchev–Trinajstić information content (AvgIpc) is 3.00. The molecule has 2 aromatic carbocycles. The van der Waals surface area contributed by atoms with Crippen molar-refractivity contribution in [2.45, 2.75) is 0 Å². The number of benzene rings is 2. The van der Waals surface area contributed by atoms with Crippen LogP contribution in [0, 0.1) is 0 Å². The van der Waals surface area contributed by atoms with E-state index in [9.17, 15) is 0 Å². The molecule has 5 heteroatoms. The molecule has 0 aliphatic carbocycles. The van der Waals surface area contributed by atoms with Gasteiger partial charge in [-0.05, 0) is 17.3 Å². The maximum absolute atomic E-state index is 4.53. The minimum atomic E-state index is 0.848. The van der Waals surface area contributed by atoms with Crippen molar-refractivity contribution in [1.29, 1.82) is 0 Å². The zero-order valence-electron chi connectivity index (χ0n) is 12.0. The van der Waals surface area contributed by atoms with Gasteiger partial charge in [-0.2, -0.15) is 0 Å². The normalized spacial score (nSPS) is 11.5. The molecular formula is C18H10N4S. The van der Waals surface area contributed by atoms with Gasteiger partial charge in [0.15, 0.2) is 0 Å². The molecule has 108 valence electrons. The number of nitrogens with zero attached hydrogens (tertiary/aromatic N) is 4. The lowest BCUT2D eigenvalue weighted by atomic mass is 10.1. The quantitative estimate of drug-likeness (QED) is 0.458. The molecule has 0 saturated heterocycles. The van der Waals surface area contributed by atoms with Gasteiger partial charge in [0.1, 0.15) is 11.2 Å². The van der Waals surface area contributed by atoms with Gasteiger partial charge in [-0.1, -0.05) is 42.5 Å². The lowest BCUT2D eigenvalue weighted by Crippen LogP contribution is -1.93. The molecule has 0 unspecified atom stereocenters. The Kier molecular flexibility index (Phi) is 2.63. The number of hydrogen-bond acceptors (Lipinski definition) is 5. The predicted octanol–water partition coefficient (Wildman–Crippen LogP) is 4.45. The van der Waals surface area contributed by atoms with E-state index in [0.717, 1.165) is 37.8 Å². The summed E-state index contributed by atoms with van der Waals surface area (Å²) in [6.45, 7) is 0. The molecule has 5 aromatic rings. The van der Waals surface area contributed by atoms with E-state index in [1.807, 2.05) is 36.5 Å². The van der Waals surface area contributed by atoms with E-state index in [1.165, 1.54) is 4.70 Å². The highest BCUT2D eigenvalue weighted by Gasteiger charge is 2.15. The van der Waals surface area contributed by atoms with Crippen LogP contribution in [-0.4, -0.2) is 20.4 Å².